The fourth-order valence-electron chi connectivity index (χ4n) is 1.60. The van der Waals surface area contributed by atoms with Gasteiger partial charge in [0.05, 0.1) is 5.02 Å². The molecule has 1 heterocycles. The largest absolute Gasteiger partial charge is 0.479 e. The van der Waals surface area contributed by atoms with Gasteiger partial charge in [-0.15, -0.1) is 0 Å². The second-order valence-corrected chi connectivity index (χ2v) is 4.86. The second kappa shape index (κ2) is 7.09. The van der Waals surface area contributed by atoms with Gasteiger partial charge in [0.2, 0.25) is 0 Å². The van der Waals surface area contributed by atoms with Gasteiger partial charge in [-0.3, -0.25) is 0 Å². The maximum absolute atomic E-state index is 13.6. The Labute approximate surface area is 131 Å². The predicted octanol–water partition coefficient (Wildman–Crippen LogP) is 3.47. The van der Waals surface area contributed by atoms with Gasteiger partial charge in [0.25, 0.3) is 5.88 Å². The van der Waals surface area contributed by atoms with Gasteiger partial charge >= 0.3 is 5.97 Å². The smallest absolute Gasteiger partial charge is 0.344 e. The van der Waals surface area contributed by atoms with Crippen LogP contribution in [0, 0.1) is 5.82 Å². The van der Waals surface area contributed by atoms with Gasteiger partial charge in [0.15, 0.2) is 11.9 Å². The van der Waals surface area contributed by atoms with Crippen molar-refractivity contribution in [2.45, 2.75) is 19.4 Å². The molecule has 0 aromatic carbocycles. The zero-order chi connectivity index (χ0) is 16.1. The molecule has 1 atom stereocenters. The van der Waals surface area contributed by atoms with Crippen LogP contribution in [-0.4, -0.2) is 22.2 Å². The highest BCUT2D eigenvalue weighted by Crippen LogP contribution is 2.21. The van der Waals surface area contributed by atoms with E-state index in [0.29, 0.717) is 17.9 Å². The molecule has 5 nitrogen and oxygen atoms in total. The number of aliphatic carboxylic acids is 1. The number of nitrogens with zero attached hydrogens (tertiary/aromatic N) is 1. The number of carboxylic acids is 1. The third-order valence-electron chi connectivity index (χ3n) is 2.70. The molecule has 0 saturated heterocycles. The maximum Gasteiger partial charge on any atom is 0.344 e. The van der Waals surface area contributed by atoms with E-state index in [1.807, 2.05) is 0 Å². The van der Waals surface area contributed by atoms with Crippen LogP contribution in [0.1, 0.15) is 13.3 Å². The van der Waals surface area contributed by atoms with Gasteiger partial charge in [0, 0.05) is 6.20 Å². The fraction of sp³-hybridized carbons (Fsp3) is 0.200. The van der Waals surface area contributed by atoms with Crippen molar-refractivity contribution >= 4 is 17.6 Å². The standard InChI is InChI=1S/C15H13ClFNO4/c1-9(15(19)20)21-11-3-2-4-12(6-5-11)22-14-13(17)7-10(16)8-18-14/h3-9H,2H2,1H3,(H,19,20)/t9-/m1/s1. The normalized spacial score (nSPS) is 15.4. The summed E-state index contributed by atoms with van der Waals surface area (Å²) in [5.41, 5.74) is 0. The molecule has 22 heavy (non-hydrogen) atoms. The molecule has 1 aliphatic rings. The van der Waals surface area contributed by atoms with Crippen LogP contribution >= 0.6 is 11.6 Å². The minimum Gasteiger partial charge on any atom is -0.479 e. The third kappa shape index (κ3) is 4.33. The Bertz CT molecular complexity index is 670. The summed E-state index contributed by atoms with van der Waals surface area (Å²) < 4.78 is 24.2. The summed E-state index contributed by atoms with van der Waals surface area (Å²) in [7, 11) is 0. The average molecular weight is 326 g/mol. The Kier molecular flexibility index (Phi) is 5.16. The molecule has 0 amide bonds. The second-order valence-electron chi connectivity index (χ2n) is 4.42. The van der Waals surface area contributed by atoms with Crippen LogP contribution in [0.15, 0.2) is 48.1 Å². The molecule has 1 aromatic heterocycles. The number of aromatic nitrogens is 1. The van der Waals surface area contributed by atoms with E-state index in [4.69, 9.17) is 26.2 Å². The number of hydrogen-bond acceptors (Lipinski definition) is 4. The van der Waals surface area contributed by atoms with Crippen molar-refractivity contribution in [3.8, 4) is 5.88 Å². The summed E-state index contributed by atoms with van der Waals surface area (Å²) in [5, 5.41) is 8.98. The van der Waals surface area contributed by atoms with Crippen LogP contribution in [-0.2, 0) is 9.53 Å². The number of pyridine rings is 1. The van der Waals surface area contributed by atoms with Crippen molar-refractivity contribution in [3.63, 3.8) is 0 Å². The molecule has 0 aliphatic heterocycles. The van der Waals surface area contributed by atoms with Crippen molar-refractivity contribution in [2.75, 3.05) is 0 Å². The Balaban J connectivity index is 2.04. The highest BCUT2D eigenvalue weighted by molar-refractivity contribution is 6.30. The summed E-state index contributed by atoms with van der Waals surface area (Å²) in [4.78, 5) is 14.5. The first-order valence-electron chi connectivity index (χ1n) is 6.42. The van der Waals surface area contributed by atoms with Gasteiger partial charge in [-0.2, -0.15) is 0 Å². The molecular weight excluding hydrogens is 313 g/mol. The Morgan fingerprint density at radius 2 is 2.09 bits per heavy atom. The highest BCUT2D eigenvalue weighted by Gasteiger charge is 2.14. The van der Waals surface area contributed by atoms with E-state index >= 15 is 0 Å². The van der Waals surface area contributed by atoms with E-state index < -0.39 is 17.9 Å². The number of ether oxygens (including phenoxy) is 2. The Hall–Kier alpha value is -2.34. The van der Waals surface area contributed by atoms with Crippen LogP contribution in [0.3, 0.4) is 0 Å². The topological polar surface area (TPSA) is 68.7 Å². The monoisotopic (exact) mass is 325 g/mol. The Morgan fingerprint density at radius 1 is 1.41 bits per heavy atom. The molecule has 1 N–H and O–H groups in total. The first-order valence-corrected chi connectivity index (χ1v) is 6.80. The molecule has 0 saturated carbocycles. The molecule has 0 radical (unpaired) electrons. The van der Waals surface area contributed by atoms with Crippen molar-refractivity contribution < 1.29 is 23.8 Å². The van der Waals surface area contributed by atoms with E-state index in [0.717, 1.165) is 6.07 Å². The number of hydrogen-bond donors (Lipinski definition) is 1. The van der Waals surface area contributed by atoms with Gasteiger partial charge in [0.1, 0.15) is 11.5 Å². The van der Waals surface area contributed by atoms with E-state index in [-0.39, 0.29) is 10.9 Å². The lowest BCUT2D eigenvalue weighted by molar-refractivity contribution is -0.146. The number of rotatable bonds is 5. The minimum atomic E-state index is -1.06. The van der Waals surface area contributed by atoms with E-state index in [1.54, 1.807) is 24.3 Å². The van der Waals surface area contributed by atoms with Crippen LogP contribution in [0.4, 0.5) is 4.39 Å². The molecule has 7 heteroatoms. The molecular formula is C15H13ClFNO4. The Morgan fingerprint density at radius 3 is 2.77 bits per heavy atom. The summed E-state index contributed by atoms with van der Waals surface area (Å²) in [6, 6.07) is 1.10. The number of carbonyl (C=O) groups is 1. The molecule has 0 bridgehead atoms. The maximum atomic E-state index is 13.6. The molecule has 1 aliphatic carbocycles. The van der Waals surface area contributed by atoms with E-state index in [9.17, 15) is 9.18 Å². The van der Waals surface area contributed by atoms with Crippen molar-refractivity contribution in [2.24, 2.45) is 0 Å². The van der Waals surface area contributed by atoms with Crippen LogP contribution in [0.5, 0.6) is 5.88 Å². The molecule has 0 unspecified atom stereocenters. The number of allylic oxidation sites excluding steroid dienone is 4. The summed E-state index contributed by atoms with van der Waals surface area (Å²) in [6.07, 6.45) is 7.23. The molecule has 0 spiro atoms. The van der Waals surface area contributed by atoms with Gasteiger partial charge in [-0.05, 0) is 43.7 Å². The van der Waals surface area contributed by atoms with Crippen LogP contribution < -0.4 is 4.74 Å². The lowest BCUT2D eigenvalue weighted by Gasteiger charge is -2.10. The third-order valence-corrected chi connectivity index (χ3v) is 2.91. The fourth-order valence-corrected chi connectivity index (χ4v) is 1.74. The lowest BCUT2D eigenvalue weighted by Crippen LogP contribution is -2.19. The number of carboxylic acid groups (broad SMARTS) is 1. The molecule has 2 rings (SSSR count). The van der Waals surface area contributed by atoms with Crippen molar-refractivity contribution in [3.05, 3.63) is 58.9 Å². The predicted molar refractivity (Wildman–Crippen MR) is 77.9 cm³/mol. The zero-order valence-corrected chi connectivity index (χ0v) is 12.4. The van der Waals surface area contributed by atoms with Crippen LogP contribution in [0.25, 0.3) is 0 Å². The number of halogens is 2. The van der Waals surface area contributed by atoms with Crippen molar-refractivity contribution in [1.82, 2.24) is 4.98 Å². The lowest BCUT2D eigenvalue weighted by atomic mass is 10.3. The van der Waals surface area contributed by atoms with E-state index in [1.165, 1.54) is 13.1 Å². The summed E-state index contributed by atoms with van der Waals surface area (Å²) in [5.74, 6) is -1.16. The van der Waals surface area contributed by atoms with Gasteiger partial charge in [-0.1, -0.05) is 11.6 Å². The van der Waals surface area contributed by atoms with Crippen LogP contribution in [0.2, 0.25) is 5.02 Å². The van der Waals surface area contributed by atoms with Gasteiger partial charge < -0.3 is 14.6 Å². The van der Waals surface area contributed by atoms with E-state index in [2.05, 4.69) is 4.98 Å². The molecule has 116 valence electrons. The first-order chi connectivity index (χ1) is 10.5. The SMILES string of the molecule is C[C@@H](OC1=CCC=C(Oc2ncc(Cl)cc2F)C=C1)C(=O)O. The highest BCUT2D eigenvalue weighted by atomic mass is 35.5. The van der Waals surface area contributed by atoms with Crippen molar-refractivity contribution in [1.29, 1.82) is 0 Å². The average Bonchev–Trinajstić information content (AvgIpc) is 2.67. The summed E-state index contributed by atoms with van der Waals surface area (Å²) >= 11 is 5.62. The first kappa shape index (κ1) is 16.0. The quantitative estimate of drug-likeness (QED) is 0.897. The van der Waals surface area contributed by atoms with Gasteiger partial charge in [-0.25, -0.2) is 14.2 Å². The summed E-state index contributed by atoms with van der Waals surface area (Å²) in [6.45, 7) is 1.43. The molecule has 1 aromatic rings. The zero-order valence-electron chi connectivity index (χ0n) is 11.6. The minimum absolute atomic E-state index is 0.176. The molecule has 0 fully saturated rings.